The van der Waals surface area contributed by atoms with E-state index in [1.165, 1.54) is 0 Å². The topological polar surface area (TPSA) is 71.6 Å². The van der Waals surface area contributed by atoms with Gasteiger partial charge in [0.05, 0.1) is 0 Å². The van der Waals surface area contributed by atoms with Crippen LogP contribution in [0.2, 0.25) is 0 Å². The number of piperidine rings is 1. The first-order valence-corrected chi connectivity index (χ1v) is 9.87. The summed E-state index contributed by atoms with van der Waals surface area (Å²) >= 11 is 0. The molecular formula is C20H27N7O. The van der Waals surface area contributed by atoms with Gasteiger partial charge < -0.3 is 14.4 Å². The maximum atomic E-state index is 13.0. The number of aromatic nitrogens is 5. The van der Waals surface area contributed by atoms with Crippen molar-refractivity contribution in [3.8, 4) is 0 Å². The van der Waals surface area contributed by atoms with Crippen molar-refractivity contribution in [2.24, 2.45) is 0 Å². The van der Waals surface area contributed by atoms with Crippen LogP contribution in [0.5, 0.6) is 0 Å². The normalized spacial score (nSPS) is 17.5. The molecular weight excluding hydrogens is 354 g/mol. The van der Waals surface area contributed by atoms with E-state index >= 15 is 0 Å². The number of likely N-dealkylation sites (tertiary alicyclic amines) is 1. The third kappa shape index (κ3) is 3.91. The van der Waals surface area contributed by atoms with Crippen LogP contribution >= 0.6 is 0 Å². The maximum absolute atomic E-state index is 13.0. The lowest BCUT2D eigenvalue weighted by atomic mass is 9.96. The number of nitrogens with zero attached hydrogens (tertiary/aromatic N) is 7. The van der Waals surface area contributed by atoms with Crippen LogP contribution in [0.25, 0.3) is 5.65 Å². The van der Waals surface area contributed by atoms with Gasteiger partial charge in [0.25, 0.3) is 5.91 Å². The van der Waals surface area contributed by atoms with Gasteiger partial charge in [-0.15, -0.1) is 0 Å². The molecule has 0 bridgehead atoms. The van der Waals surface area contributed by atoms with E-state index in [1.54, 1.807) is 22.8 Å². The fourth-order valence-electron chi connectivity index (χ4n) is 3.90. The van der Waals surface area contributed by atoms with Gasteiger partial charge in [-0.2, -0.15) is 5.10 Å². The lowest BCUT2D eigenvalue weighted by Crippen LogP contribution is -2.40. The van der Waals surface area contributed by atoms with Gasteiger partial charge in [0, 0.05) is 56.4 Å². The lowest BCUT2D eigenvalue weighted by Gasteiger charge is -2.32. The standard InChI is InChI=1S/C20H27N7O/c1-24(2)9-5-11-25-13-8-22-19(25)16-6-3-10-26(15-16)20(28)17-14-18-21-7-4-12-27(18)23-17/h4,7-8,12-14,16H,3,5-6,9-11,15H2,1-2H3/t16-/m1/s1. The van der Waals surface area contributed by atoms with Crippen molar-refractivity contribution in [1.29, 1.82) is 0 Å². The van der Waals surface area contributed by atoms with E-state index in [9.17, 15) is 4.79 Å². The molecule has 4 heterocycles. The Morgan fingerprint density at radius 2 is 2.14 bits per heavy atom. The molecule has 8 nitrogen and oxygen atoms in total. The highest BCUT2D eigenvalue weighted by Gasteiger charge is 2.29. The summed E-state index contributed by atoms with van der Waals surface area (Å²) in [4.78, 5) is 26.0. The molecule has 0 aliphatic carbocycles. The number of imidazole rings is 1. The van der Waals surface area contributed by atoms with E-state index in [0.29, 0.717) is 17.9 Å². The van der Waals surface area contributed by atoms with Gasteiger partial charge >= 0.3 is 0 Å². The summed E-state index contributed by atoms with van der Waals surface area (Å²) < 4.78 is 3.89. The highest BCUT2D eigenvalue weighted by atomic mass is 16.2. The van der Waals surface area contributed by atoms with Crippen LogP contribution in [0.1, 0.15) is 41.5 Å². The second-order valence-corrected chi connectivity index (χ2v) is 7.68. The van der Waals surface area contributed by atoms with Crippen molar-refractivity contribution in [3.63, 3.8) is 0 Å². The van der Waals surface area contributed by atoms with Crippen molar-refractivity contribution < 1.29 is 4.79 Å². The number of hydrogen-bond donors (Lipinski definition) is 0. The van der Waals surface area contributed by atoms with E-state index in [-0.39, 0.29) is 11.8 Å². The average molecular weight is 381 g/mol. The second-order valence-electron chi connectivity index (χ2n) is 7.68. The minimum atomic E-state index is -0.0269. The Balaban J connectivity index is 1.46. The molecule has 0 unspecified atom stereocenters. The van der Waals surface area contributed by atoms with E-state index in [2.05, 4.69) is 44.8 Å². The summed E-state index contributed by atoms with van der Waals surface area (Å²) in [6, 6.07) is 3.56. The first kappa shape index (κ1) is 18.6. The Morgan fingerprint density at radius 3 is 2.96 bits per heavy atom. The van der Waals surface area contributed by atoms with Gasteiger partial charge in [-0.3, -0.25) is 4.79 Å². The molecule has 0 radical (unpaired) electrons. The van der Waals surface area contributed by atoms with E-state index in [0.717, 1.165) is 44.7 Å². The predicted octanol–water partition coefficient (Wildman–Crippen LogP) is 1.90. The SMILES string of the molecule is CN(C)CCCn1ccnc1[C@@H]1CCCN(C(=O)c2cc3ncccn3n2)C1. The molecule has 1 atom stereocenters. The molecule has 0 aromatic carbocycles. The van der Waals surface area contributed by atoms with Crippen LogP contribution in [0.15, 0.2) is 36.9 Å². The summed E-state index contributed by atoms with van der Waals surface area (Å²) in [5.74, 6) is 1.33. The molecule has 28 heavy (non-hydrogen) atoms. The molecule has 0 spiro atoms. The summed E-state index contributed by atoms with van der Waals surface area (Å²) in [6.07, 6.45) is 10.6. The number of amides is 1. The van der Waals surface area contributed by atoms with Crippen molar-refractivity contribution in [2.75, 3.05) is 33.7 Å². The van der Waals surface area contributed by atoms with E-state index in [4.69, 9.17) is 0 Å². The van der Waals surface area contributed by atoms with Crippen LogP contribution in [0.4, 0.5) is 0 Å². The van der Waals surface area contributed by atoms with Gasteiger partial charge in [0.15, 0.2) is 11.3 Å². The van der Waals surface area contributed by atoms with Crippen molar-refractivity contribution in [1.82, 2.24) is 33.9 Å². The van der Waals surface area contributed by atoms with Gasteiger partial charge in [0.2, 0.25) is 0 Å². The molecule has 3 aromatic heterocycles. The van der Waals surface area contributed by atoms with Crippen molar-refractivity contribution in [3.05, 3.63) is 48.4 Å². The number of hydrogen-bond acceptors (Lipinski definition) is 5. The molecule has 1 fully saturated rings. The van der Waals surface area contributed by atoms with Crippen LogP contribution < -0.4 is 0 Å². The third-order valence-corrected chi connectivity index (χ3v) is 5.28. The second kappa shape index (κ2) is 8.10. The predicted molar refractivity (Wildman–Crippen MR) is 106 cm³/mol. The first-order valence-electron chi connectivity index (χ1n) is 9.87. The van der Waals surface area contributed by atoms with Gasteiger partial charge in [0.1, 0.15) is 5.82 Å². The van der Waals surface area contributed by atoms with Crippen LogP contribution in [0.3, 0.4) is 0 Å². The van der Waals surface area contributed by atoms with Gasteiger partial charge in [-0.05, 0) is 46.0 Å². The van der Waals surface area contributed by atoms with E-state index in [1.807, 2.05) is 17.3 Å². The molecule has 4 rings (SSSR count). The molecule has 3 aromatic rings. The van der Waals surface area contributed by atoms with Crippen LogP contribution in [-0.2, 0) is 6.54 Å². The maximum Gasteiger partial charge on any atom is 0.274 e. The Hall–Kier alpha value is -2.74. The van der Waals surface area contributed by atoms with Gasteiger partial charge in [-0.25, -0.2) is 14.5 Å². The monoisotopic (exact) mass is 381 g/mol. The van der Waals surface area contributed by atoms with Crippen molar-refractivity contribution in [2.45, 2.75) is 31.7 Å². The first-order chi connectivity index (χ1) is 13.6. The summed E-state index contributed by atoms with van der Waals surface area (Å²) in [5.41, 5.74) is 1.14. The molecule has 1 aliphatic heterocycles. The smallest absolute Gasteiger partial charge is 0.274 e. The van der Waals surface area contributed by atoms with Gasteiger partial charge in [-0.1, -0.05) is 0 Å². The van der Waals surface area contributed by atoms with Crippen LogP contribution in [0, 0.1) is 0 Å². The fraction of sp³-hybridized carbons (Fsp3) is 0.500. The Kier molecular flexibility index (Phi) is 5.38. The zero-order valence-corrected chi connectivity index (χ0v) is 16.5. The Bertz CT molecular complexity index is 912. The molecule has 148 valence electrons. The molecule has 1 amide bonds. The summed E-state index contributed by atoms with van der Waals surface area (Å²) in [7, 11) is 4.18. The van der Waals surface area contributed by atoms with Crippen LogP contribution in [-0.4, -0.2) is 73.6 Å². The Morgan fingerprint density at radius 1 is 1.25 bits per heavy atom. The zero-order chi connectivity index (χ0) is 19.5. The number of rotatable bonds is 6. The lowest BCUT2D eigenvalue weighted by molar-refractivity contribution is 0.0697. The average Bonchev–Trinajstić information content (AvgIpc) is 3.34. The largest absolute Gasteiger partial charge is 0.337 e. The number of carbonyl (C=O) groups is 1. The quantitative estimate of drug-likeness (QED) is 0.652. The van der Waals surface area contributed by atoms with Crippen molar-refractivity contribution >= 4 is 11.6 Å². The fourth-order valence-corrected chi connectivity index (χ4v) is 3.90. The third-order valence-electron chi connectivity index (χ3n) is 5.28. The molecule has 8 heteroatoms. The summed E-state index contributed by atoms with van der Waals surface area (Å²) in [5, 5.41) is 4.39. The molecule has 0 N–H and O–H groups in total. The highest BCUT2D eigenvalue weighted by Crippen LogP contribution is 2.27. The number of aryl methyl sites for hydroxylation is 1. The number of carbonyl (C=O) groups excluding carboxylic acids is 1. The molecule has 0 saturated carbocycles. The Labute approximate surface area is 164 Å². The highest BCUT2D eigenvalue weighted by molar-refractivity contribution is 5.93. The zero-order valence-electron chi connectivity index (χ0n) is 16.5. The van der Waals surface area contributed by atoms with E-state index < -0.39 is 0 Å². The minimum absolute atomic E-state index is 0.0269. The molecule has 1 saturated heterocycles. The number of fused-ring (bicyclic) bond motifs is 1. The molecule has 1 aliphatic rings. The summed E-state index contributed by atoms with van der Waals surface area (Å²) in [6.45, 7) is 3.45. The minimum Gasteiger partial charge on any atom is -0.337 e.